The van der Waals surface area contributed by atoms with Crippen LogP contribution in [0.3, 0.4) is 0 Å². The lowest BCUT2D eigenvalue weighted by atomic mass is 10.0. The second-order valence-electron chi connectivity index (χ2n) is 8.68. The minimum absolute atomic E-state index is 0.00949. The van der Waals surface area contributed by atoms with Gasteiger partial charge in [-0.3, -0.25) is 9.69 Å². The lowest BCUT2D eigenvalue weighted by molar-refractivity contribution is 0.0937. The monoisotopic (exact) mass is 436 g/mol. The molecule has 1 heterocycles. The molecule has 33 heavy (non-hydrogen) atoms. The Morgan fingerprint density at radius 2 is 1.73 bits per heavy atom. The van der Waals surface area contributed by atoms with Gasteiger partial charge in [0.2, 0.25) is 0 Å². The van der Waals surface area contributed by atoms with Crippen molar-refractivity contribution in [2.75, 3.05) is 20.2 Å². The van der Waals surface area contributed by atoms with Gasteiger partial charge in [-0.15, -0.1) is 0 Å². The predicted molar refractivity (Wildman–Crippen MR) is 134 cm³/mol. The van der Waals surface area contributed by atoms with Gasteiger partial charge < -0.3 is 10.1 Å². The van der Waals surface area contributed by atoms with Gasteiger partial charge in [0.15, 0.2) is 0 Å². The van der Waals surface area contributed by atoms with E-state index < -0.39 is 0 Å². The van der Waals surface area contributed by atoms with Gasteiger partial charge in [-0.1, -0.05) is 60.7 Å². The van der Waals surface area contributed by atoms with Crippen molar-refractivity contribution < 1.29 is 9.53 Å². The number of likely N-dealkylation sites (tertiary alicyclic amines) is 1. The molecule has 0 saturated carbocycles. The second-order valence-corrected chi connectivity index (χ2v) is 8.68. The Morgan fingerprint density at radius 3 is 2.55 bits per heavy atom. The van der Waals surface area contributed by atoms with Crippen LogP contribution in [0.4, 0.5) is 0 Å². The van der Waals surface area contributed by atoms with Gasteiger partial charge in [0.25, 0.3) is 5.91 Å². The molecule has 1 atom stereocenters. The number of hydrogen-bond acceptors (Lipinski definition) is 3. The van der Waals surface area contributed by atoms with Crippen molar-refractivity contribution in [1.29, 1.82) is 0 Å². The van der Waals surface area contributed by atoms with Crippen LogP contribution in [0.5, 0.6) is 5.75 Å². The number of hydrogen-bond donors (Lipinski definition) is 1. The number of carbonyl (C=O) groups is 1. The Labute approximate surface area is 194 Å². The van der Waals surface area contributed by atoms with Crippen molar-refractivity contribution >= 4 is 16.7 Å². The maximum atomic E-state index is 12.8. The minimum Gasteiger partial charge on any atom is -0.497 e. The van der Waals surface area contributed by atoms with Crippen molar-refractivity contribution in [1.82, 2.24) is 10.2 Å². The zero-order valence-corrected chi connectivity index (χ0v) is 18.8. The maximum absolute atomic E-state index is 12.8. The van der Waals surface area contributed by atoms with Crippen LogP contribution in [0.25, 0.3) is 21.9 Å². The smallest absolute Gasteiger partial charge is 0.251 e. The van der Waals surface area contributed by atoms with Gasteiger partial charge in [-0.2, -0.15) is 0 Å². The fourth-order valence-electron chi connectivity index (χ4n) is 4.57. The maximum Gasteiger partial charge on any atom is 0.251 e. The van der Waals surface area contributed by atoms with E-state index in [-0.39, 0.29) is 11.9 Å². The topological polar surface area (TPSA) is 41.6 Å². The molecule has 1 fully saturated rings. The van der Waals surface area contributed by atoms with Crippen LogP contribution in [0.15, 0.2) is 91.0 Å². The SMILES string of the molecule is COc1cccc(-c2ccc(C(=O)N[C@@H]3CCN(Cc4ccc5ccccc5c4)C3)cc2)c1. The molecule has 0 unspecified atom stereocenters. The third-order valence-corrected chi connectivity index (χ3v) is 6.38. The molecule has 0 spiro atoms. The summed E-state index contributed by atoms with van der Waals surface area (Å²) in [6.07, 6.45) is 0.973. The highest BCUT2D eigenvalue weighted by atomic mass is 16.5. The molecule has 4 nitrogen and oxygen atoms in total. The molecule has 1 aliphatic rings. The highest BCUT2D eigenvalue weighted by molar-refractivity contribution is 5.95. The van der Waals surface area contributed by atoms with E-state index >= 15 is 0 Å². The van der Waals surface area contributed by atoms with Crippen molar-refractivity contribution in [2.24, 2.45) is 0 Å². The quantitative estimate of drug-likeness (QED) is 0.433. The standard InChI is InChI=1S/C29H28N2O2/c1-33-28-8-4-7-26(18-28)23-11-13-24(14-12-23)29(32)30-27-15-16-31(20-27)19-21-9-10-22-5-2-3-6-25(22)17-21/h2-14,17-18,27H,15-16,19-20H2,1H3,(H,30,32)/t27-/m1/s1. The first-order valence-electron chi connectivity index (χ1n) is 11.4. The molecule has 1 saturated heterocycles. The van der Waals surface area contributed by atoms with Crippen LogP contribution >= 0.6 is 0 Å². The first-order chi connectivity index (χ1) is 16.2. The van der Waals surface area contributed by atoms with Crippen LogP contribution in [0.1, 0.15) is 22.3 Å². The number of ether oxygens (including phenoxy) is 1. The van der Waals surface area contributed by atoms with E-state index in [1.807, 2.05) is 48.5 Å². The highest BCUT2D eigenvalue weighted by Crippen LogP contribution is 2.24. The Hall–Kier alpha value is -3.63. The summed E-state index contributed by atoms with van der Waals surface area (Å²) in [6, 6.07) is 31.0. The predicted octanol–water partition coefficient (Wildman–Crippen LogP) is 5.52. The Bertz CT molecular complexity index is 1270. The molecule has 4 aromatic rings. The molecule has 5 rings (SSSR count). The second kappa shape index (κ2) is 9.47. The third-order valence-electron chi connectivity index (χ3n) is 6.38. The first-order valence-corrected chi connectivity index (χ1v) is 11.4. The molecule has 1 aliphatic heterocycles. The van der Waals surface area contributed by atoms with E-state index in [1.165, 1.54) is 16.3 Å². The van der Waals surface area contributed by atoms with Crippen molar-refractivity contribution in [3.05, 3.63) is 102 Å². The zero-order chi connectivity index (χ0) is 22.6. The van der Waals surface area contributed by atoms with E-state index in [2.05, 4.69) is 52.7 Å². The summed E-state index contributed by atoms with van der Waals surface area (Å²) >= 11 is 0. The van der Waals surface area contributed by atoms with Gasteiger partial charge in [-0.05, 0) is 64.2 Å². The molecule has 4 aromatic carbocycles. The fraction of sp³-hybridized carbons (Fsp3) is 0.207. The number of nitrogens with zero attached hydrogens (tertiary/aromatic N) is 1. The highest BCUT2D eigenvalue weighted by Gasteiger charge is 2.24. The number of benzene rings is 4. The minimum atomic E-state index is -0.00949. The van der Waals surface area contributed by atoms with Gasteiger partial charge in [0.1, 0.15) is 5.75 Å². The molecule has 0 radical (unpaired) electrons. The molecule has 4 heteroatoms. The summed E-state index contributed by atoms with van der Waals surface area (Å²) in [5.41, 5.74) is 4.14. The Balaban J connectivity index is 1.18. The summed E-state index contributed by atoms with van der Waals surface area (Å²) in [5, 5.41) is 5.76. The summed E-state index contributed by atoms with van der Waals surface area (Å²) in [4.78, 5) is 15.2. The number of fused-ring (bicyclic) bond motifs is 1. The number of carbonyl (C=O) groups excluding carboxylic acids is 1. The van der Waals surface area contributed by atoms with Gasteiger partial charge in [-0.25, -0.2) is 0 Å². The molecule has 1 amide bonds. The number of nitrogens with one attached hydrogen (secondary N) is 1. The molecule has 0 aromatic heterocycles. The van der Waals surface area contributed by atoms with E-state index in [1.54, 1.807) is 7.11 Å². The summed E-state index contributed by atoms with van der Waals surface area (Å²) in [7, 11) is 1.67. The van der Waals surface area contributed by atoms with E-state index in [9.17, 15) is 4.79 Å². The summed E-state index contributed by atoms with van der Waals surface area (Å²) < 4.78 is 5.31. The average Bonchev–Trinajstić information content (AvgIpc) is 3.30. The normalized spacial score (nSPS) is 16.1. The lowest BCUT2D eigenvalue weighted by Gasteiger charge is -2.17. The summed E-state index contributed by atoms with van der Waals surface area (Å²) in [5.74, 6) is 0.813. The van der Waals surface area contributed by atoms with E-state index in [0.717, 1.165) is 42.9 Å². The van der Waals surface area contributed by atoms with Crippen LogP contribution in [-0.2, 0) is 6.54 Å². The molecule has 1 N–H and O–H groups in total. The number of rotatable bonds is 6. The van der Waals surface area contributed by atoms with Crippen LogP contribution < -0.4 is 10.1 Å². The average molecular weight is 437 g/mol. The van der Waals surface area contributed by atoms with Crippen LogP contribution in [0, 0.1) is 0 Å². The zero-order valence-electron chi connectivity index (χ0n) is 18.8. The van der Waals surface area contributed by atoms with Crippen LogP contribution in [0.2, 0.25) is 0 Å². The molecule has 166 valence electrons. The van der Waals surface area contributed by atoms with Gasteiger partial charge in [0.05, 0.1) is 7.11 Å². The van der Waals surface area contributed by atoms with E-state index in [4.69, 9.17) is 4.74 Å². The fourth-order valence-corrected chi connectivity index (χ4v) is 4.57. The third kappa shape index (κ3) is 4.91. The van der Waals surface area contributed by atoms with Crippen molar-refractivity contribution in [3.63, 3.8) is 0 Å². The molecule has 0 bridgehead atoms. The van der Waals surface area contributed by atoms with Crippen molar-refractivity contribution in [3.8, 4) is 16.9 Å². The largest absolute Gasteiger partial charge is 0.497 e. The molecular weight excluding hydrogens is 408 g/mol. The molecule has 0 aliphatic carbocycles. The Kier molecular flexibility index (Phi) is 6.09. The molecular formula is C29H28N2O2. The lowest BCUT2D eigenvalue weighted by Crippen LogP contribution is -2.36. The number of amides is 1. The number of methoxy groups -OCH3 is 1. The van der Waals surface area contributed by atoms with E-state index in [0.29, 0.717) is 5.56 Å². The van der Waals surface area contributed by atoms with Crippen molar-refractivity contribution in [2.45, 2.75) is 19.0 Å². The van der Waals surface area contributed by atoms with Gasteiger partial charge >= 0.3 is 0 Å². The summed E-state index contributed by atoms with van der Waals surface area (Å²) in [6.45, 7) is 2.78. The van der Waals surface area contributed by atoms with Gasteiger partial charge in [0, 0.05) is 31.2 Å². The van der Waals surface area contributed by atoms with Crippen LogP contribution in [-0.4, -0.2) is 37.0 Å². The Morgan fingerprint density at radius 1 is 0.909 bits per heavy atom. The first kappa shape index (κ1) is 21.2.